The molecular weight excluding hydrogens is 584 g/mol. The first-order chi connectivity index (χ1) is 21.4. The summed E-state index contributed by atoms with van der Waals surface area (Å²) >= 11 is 1.21. The van der Waals surface area contributed by atoms with Crippen molar-refractivity contribution in [2.24, 2.45) is 0 Å². The quantitative estimate of drug-likeness (QED) is 0.242. The summed E-state index contributed by atoms with van der Waals surface area (Å²) in [7, 11) is 1.56. The van der Waals surface area contributed by atoms with Gasteiger partial charge in [-0.2, -0.15) is 5.10 Å². The predicted octanol–water partition coefficient (Wildman–Crippen LogP) is 5.71. The molecule has 0 bridgehead atoms. The van der Waals surface area contributed by atoms with Crippen LogP contribution in [0, 0.1) is 11.6 Å². The molecule has 44 heavy (non-hydrogen) atoms. The highest BCUT2D eigenvalue weighted by atomic mass is 32.2. The zero-order valence-electron chi connectivity index (χ0n) is 23.6. The summed E-state index contributed by atoms with van der Waals surface area (Å²) in [6.07, 6.45) is 3.27. The topological polar surface area (TPSA) is 89.3 Å². The number of pyridine rings is 1. The van der Waals surface area contributed by atoms with Gasteiger partial charge in [-0.1, -0.05) is 36.4 Å². The largest absolute Gasteiger partial charge is 0.497 e. The van der Waals surface area contributed by atoms with Crippen molar-refractivity contribution in [3.05, 3.63) is 126 Å². The number of thioether (sulfide) groups is 1. The van der Waals surface area contributed by atoms with Gasteiger partial charge in [0.05, 0.1) is 29.5 Å². The van der Waals surface area contributed by atoms with Crippen LogP contribution in [0.4, 0.5) is 14.6 Å². The Bertz CT molecular complexity index is 1800. The zero-order valence-corrected chi connectivity index (χ0v) is 24.4. The second kappa shape index (κ2) is 12.7. The van der Waals surface area contributed by atoms with Gasteiger partial charge in [0.1, 0.15) is 29.7 Å². The molecule has 1 aliphatic heterocycles. The number of aromatic nitrogens is 3. The standard InChI is InChI=1S/C33H27F2N5O3S/c1-43-25-10-8-24(9-11-25)40-33-30(31(38-40)22-5-3-2-4-6-22)32(26-12-7-23(34)17-27(26)35)44-20-29(42)39(33)19-28(41)37-18-21-13-15-36-16-14-21/h2-17,32H,18-20H2,1H3,(H,37,41). The van der Waals surface area contributed by atoms with E-state index in [9.17, 15) is 14.0 Å². The number of carbonyl (C=O) groups excluding carboxylic acids is 2. The molecule has 0 fully saturated rings. The van der Waals surface area contributed by atoms with Crippen LogP contribution in [-0.2, 0) is 16.1 Å². The molecule has 6 rings (SSSR count). The van der Waals surface area contributed by atoms with E-state index in [0.717, 1.165) is 17.2 Å². The number of ether oxygens (including phenoxy) is 1. The fourth-order valence-electron chi connectivity index (χ4n) is 5.09. The Hall–Kier alpha value is -5.03. The van der Waals surface area contributed by atoms with Gasteiger partial charge in [-0.05, 0) is 48.0 Å². The Balaban J connectivity index is 1.53. The summed E-state index contributed by atoms with van der Waals surface area (Å²) in [4.78, 5) is 32.6. The minimum atomic E-state index is -0.736. The summed E-state index contributed by atoms with van der Waals surface area (Å²) in [5, 5.41) is 7.11. The first-order valence-electron chi connectivity index (χ1n) is 13.8. The molecule has 3 aromatic carbocycles. The summed E-state index contributed by atoms with van der Waals surface area (Å²) in [6.45, 7) is -0.0480. The van der Waals surface area contributed by atoms with Gasteiger partial charge in [0, 0.05) is 41.7 Å². The van der Waals surface area contributed by atoms with Gasteiger partial charge < -0.3 is 10.1 Å². The number of rotatable bonds is 8. The molecular formula is C33H27F2N5O3S. The molecule has 0 radical (unpaired) electrons. The first-order valence-corrected chi connectivity index (χ1v) is 14.8. The molecule has 1 aliphatic rings. The maximum absolute atomic E-state index is 15.4. The fraction of sp³-hybridized carbons (Fsp3) is 0.152. The molecule has 5 aromatic rings. The van der Waals surface area contributed by atoms with Gasteiger partial charge >= 0.3 is 0 Å². The van der Waals surface area contributed by atoms with Crippen molar-refractivity contribution in [3.8, 4) is 22.7 Å². The Kier molecular flexibility index (Phi) is 8.38. The average molecular weight is 612 g/mol. The molecule has 2 aromatic heterocycles. The lowest BCUT2D eigenvalue weighted by atomic mass is 9.99. The molecule has 1 atom stereocenters. The van der Waals surface area contributed by atoms with Crippen LogP contribution in [0.2, 0.25) is 0 Å². The maximum atomic E-state index is 15.4. The number of amides is 2. The van der Waals surface area contributed by atoms with E-state index in [4.69, 9.17) is 9.84 Å². The number of carbonyl (C=O) groups is 2. The molecule has 8 nitrogen and oxygen atoms in total. The Morgan fingerprint density at radius 1 is 1.02 bits per heavy atom. The van der Waals surface area contributed by atoms with Crippen molar-refractivity contribution in [3.63, 3.8) is 0 Å². The summed E-state index contributed by atoms with van der Waals surface area (Å²) in [5.74, 6) is -1.27. The minimum absolute atomic E-state index is 0.0510. The lowest BCUT2D eigenvalue weighted by Crippen LogP contribution is -2.42. The SMILES string of the molecule is COc1ccc(-n2nc(-c3ccccc3)c3c2N(CC(=O)NCc2ccncc2)C(=O)CSC3c2ccc(F)cc2F)cc1. The third kappa shape index (κ3) is 5.91. The second-order valence-corrected chi connectivity index (χ2v) is 11.1. The normalized spacial score (nSPS) is 14.6. The van der Waals surface area contributed by atoms with Crippen molar-refractivity contribution in [2.45, 2.75) is 11.8 Å². The van der Waals surface area contributed by atoms with Crippen molar-refractivity contribution >= 4 is 29.4 Å². The number of methoxy groups -OCH3 is 1. The Labute approximate surface area is 256 Å². The highest BCUT2D eigenvalue weighted by molar-refractivity contribution is 8.00. The maximum Gasteiger partial charge on any atom is 0.240 e. The van der Waals surface area contributed by atoms with E-state index in [1.807, 2.05) is 30.3 Å². The number of hydrogen-bond donors (Lipinski definition) is 1. The van der Waals surface area contributed by atoms with Crippen LogP contribution < -0.4 is 15.0 Å². The van der Waals surface area contributed by atoms with Crippen LogP contribution in [0.15, 0.2) is 97.3 Å². The summed E-state index contributed by atoms with van der Waals surface area (Å²) < 4.78 is 36.4. The molecule has 0 saturated carbocycles. The van der Waals surface area contributed by atoms with Crippen LogP contribution in [0.1, 0.15) is 21.9 Å². The monoisotopic (exact) mass is 611 g/mol. The van der Waals surface area contributed by atoms with Crippen molar-refractivity contribution in [1.29, 1.82) is 0 Å². The molecule has 0 saturated heterocycles. The fourth-order valence-corrected chi connectivity index (χ4v) is 6.31. The van der Waals surface area contributed by atoms with Crippen LogP contribution in [0.25, 0.3) is 16.9 Å². The number of nitrogens with zero attached hydrogens (tertiary/aromatic N) is 4. The van der Waals surface area contributed by atoms with Crippen molar-refractivity contribution in [2.75, 3.05) is 24.3 Å². The summed E-state index contributed by atoms with van der Waals surface area (Å²) in [5.41, 5.74) is 3.45. The molecule has 0 aliphatic carbocycles. The molecule has 11 heteroatoms. The third-order valence-corrected chi connectivity index (χ3v) is 8.48. The van der Waals surface area contributed by atoms with Crippen LogP contribution >= 0.6 is 11.8 Å². The van der Waals surface area contributed by atoms with Crippen molar-refractivity contribution in [1.82, 2.24) is 20.1 Å². The third-order valence-electron chi connectivity index (χ3n) is 7.24. The first kappa shape index (κ1) is 29.1. The lowest BCUT2D eigenvalue weighted by Gasteiger charge is -2.23. The average Bonchev–Trinajstić information content (AvgIpc) is 3.38. The van der Waals surface area contributed by atoms with E-state index in [-0.39, 0.29) is 36.2 Å². The smallest absolute Gasteiger partial charge is 0.240 e. The van der Waals surface area contributed by atoms with Gasteiger partial charge in [-0.3, -0.25) is 19.5 Å². The summed E-state index contributed by atoms with van der Waals surface area (Å²) in [6, 6.07) is 23.5. The molecule has 0 spiro atoms. The van der Waals surface area contributed by atoms with Gasteiger partial charge in [0.15, 0.2) is 0 Å². The van der Waals surface area contributed by atoms with Crippen LogP contribution in [-0.4, -0.2) is 46.0 Å². The number of halogens is 2. The second-order valence-electron chi connectivity index (χ2n) is 10.0. The van der Waals surface area contributed by atoms with Gasteiger partial charge in [0.25, 0.3) is 0 Å². The molecule has 3 heterocycles. The van der Waals surface area contributed by atoms with Crippen LogP contribution in [0.3, 0.4) is 0 Å². The van der Waals surface area contributed by atoms with E-state index in [1.54, 1.807) is 60.6 Å². The van der Waals surface area contributed by atoms with Gasteiger partial charge in [-0.15, -0.1) is 11.8 Å². The van der Waals surface area contributed by atoms with Gasteiger partial charge in [-0.25, -0.2) is 13.5 Å². The Morgan fingerprint density at radius 3 is 2.48 bits per heavy atom. The van der Waals surface area contributed by atoms with Gasteiger partial charge in [0.2, 0.25) is 11.8 Å². The molecule has 222 valence electrons. The molecule has 2 amide bonds. The molecule has 1 unspecified atom stereocenters. The lowest BCUT2D eigenvalue weighted by molar-refractivity contribution is -0.123. The van der Waals surface area contributed by atoms with Crippen molar-refractivity contribution < 1.29 is 23.1 Å². The zero-order chi connectivity index (χ0) is 30.6. The number of nitrogens with one attached hydrogen (secondary N) is 1. The van der Waals surface area contributed by atoms with E-state index in [0.29, 0.717) is 28.5 Å². The number of benzene rings is 3. The number of anilines is 1. The molecule has 1 N–H and O–H groups in total. The van der Waals surface area contributed by atoms with E-state index in [2.05, 4.69) is 10.3 Å². The highest BCUT2D eigenvalue weighted by Crippen LogP contribution is 2.49. The minimum Gasteiger partial charge on any atom is -0.497 e. The number of hydrogen-bond acceptors (Lipinski definition) is 6. The number of fused-ring (bicyclic) bond motifs is 1. The van der Waals surface area contributed by atoms with E-state index < -0.39 is 16.9 Å². The Morgan fingerprint density at radius 2 is 1.77 bits per heavy atom. The van der Waals surface area contributed by atoms with E-state index >= 15 is 4.39 Å². The highest BCUT2D eigenvalue weighted by Gasteiger charge is 2.38. The van der Waals surface area contributed by atoms with E-state index in [1.165, 1.54) is 28.8 Å². The van der Waals surface area contributed by atoms with Crippen LogP contribution in [0.5, 0.6) is 5.75 Å². The predicted molar refractivity (Wildman–Crippen MR) is 165 cm³/mol.